The van der Waals surface area contributed by atoms with Gasteiger partial charge in [0.15, 0.2) is 11.5 Å². The van der Waals surface area contributed by atoms with Gasteiger partial charge < -0.3 is 19.7 Å². The Bertz CT molecular complexity index is 1150. The maximum atomic E-state index is 13.6. The number of ether oxygens (including phenoxy) is 2. The molecule has 0 unspecified atom stereocenters. The van der Waals surface area contributed by atoms with Crippen LogP contribution in [-0.4, -0.2) is 57.3 Å². The molecule has 35 heavy (non-hydrogen) atoms. The number of amides is 2. The zero-order chi connectivity index (χ0) is 25.6. The molecule has 0 aromatic heterocycles. The van der Waals surface area contributed by atoms with Gasteiger partial charge in [-0.3, -0.25) is 13.9 Å². The topological polar surface area (TPSA) is 105 Å². The summed E-state index contributed by atoms with van der Waals surface area (Å²) in [5, 5.41) is 2.86. The number of rotatable bonds is 11. The smallest absolute Gasteiger partial charge is 0.244 e. The van der Waals surface area contributed by atoms with Crippen LogP contribution in [0.1, 0.15) is 37.8 Å². The van der Waals surface area contributed by atoms with E-state index in [2.05, 4.69) is 5.32 Å². The number of aryl methyl sites for hydroxylation is 1. The van der Waals surface area contributed by atoms with E-state index in [1.807, 2.05) is 45.0 Å². The summed E-state index contributed by atoms with van der Waals surface area (Å²) in [7, 11) is -3.82. The molecular weight excluding hydrogens is 470 g/mol. The number of anilines is 1. The van der Waals surface area contributed by atoms with E-state index in [1.165, 1.54) is 11.0 Å². The monoisotopic (exact) mass is 503 g/mol. The van der Waals surface area contributed by atoms with Gasteiger partial charge in [0.1, 0.15) is 12.6 Å². The highest BCUT2D eigenvalue weighted by Crippen LogP contribution is 2.36. The molecule has 1 aliphatic rings. The summed E-state index contributed by atoms with van der Waals surface area (Å²) >= 11 is 0. The van der Waals surface area contributed by atoms with Crippen molar-refractivity contribution in [3.8, 4) is 11.5 Å². The Kier molecular flexibility index (Phi) is 8.61. The van der Waals surface area contributed by atoms with Crippen molar-refractivity contribution in [3.63, 3.8) is 0 Å². The van der Waals surface area contributed by atoms with Gasteiger partial charge in [0.25, 0.3) is 0 Å². The summed E-state index contributed by atoms with van der Waals surface area (Å²) < 4.78 is 37.1. The van der Waals surface area contributed by atoms with E-state index >= 15 is 0 Å². The van der Waals surface area contributed by atoms with Gasteiger partial charge in [-0.1, -0.05) is 43.7 Å². The van der Waals surface area contributed by atoms with E-state index in [0.717, 1.165) is 28.1 Å². The Morgan fingerprint density at radius 2 is 1.74 bits per heavy atom. The number of hydrogen-bond donors (Lipinski definition) is 1. The van der Waals surface area contributed by atoms with E-state index in [-0.39, 0.29) is 24.9 Å². The lowest BCUT2D eigenvalue weighted by Crippen LogP contribution is -2.52. The van der Waals surface area contributed by atoms with Crippen LogP contribution in [0.25, 0.3) is 0 Å². The summed E-state index contributed by atoms with van der Waals surface area (Å²) in [6.07, 6.45) is 2.19. The number of sulfonamides is 1. The quantitative estimate of drug-likeness (QED) is 0.506. The first-order valence-electron chi connectivity index (χ1n) is 11.6. The summed E-state index contributed by atoms with van der Waals surface area (Å²) in [6, 6.07) is 11.6. The Hall–Kier alpha value is -3.27. The molecule has 9 nitrogen and oxygen atoms in total. The van der Waals surface area contributed by atoms with Crippen LogP contribution in [0.5, 0.6) is 11.5 Å². The molecule has 190 valence electrons. The van der Waals surface area contributed by atoms with E-state index < -0.39 is 28.5 Å². The number of carbonyl (C=O) groups is 2. The van der Waals surface area contributed by atoms with Crippen LogP contribution in [0.15, 0.2) is 42.5 Å². The minimum atomic E-state index is -3.82. The summed E-state index contributed by atoms with van der Waals surface area (Å²) in [5.41, 5.74) is 2.20. The lowest BCUT2D eigenvalue weighted by Gasteiger charge is -2.33. The predicted molar refractivity (Wildman–Crippen MR) is 134 cm³/mol. The third kappa shape index (κ3) is 6.66. The molecule has 0 aliphatic carbocycles. The minimum absolute atomic E-state index is 0.0476. The molecular formula is C25H33N3O6S. The first kappa shape index (κ1) is 26.3. The van der Waals surface area contributed by atoms with Gasteiger partial charge in [0.2, 0.25) is 28.6 Å². The number of carbonyl (C=O) groups excluding carboxylic acids is 2. The van der Waals surface area contributed by atoms with Crippen molar-refractivity contribution in [2.24, 2.45) is 0 Å². The Morgan fingerprint density at radius 3 is 2.37 bits per heavy atom. The molecule has 3 rings (SSSR count). The number of hydrogen-bond acceptors (Lipinski definition) is 6. The lowest BCUT2D eigenvalue weighted by molar-refractivity contribution is -0.140. The molecule has 0 bridgehead atoms. The van der Waals surface area contributed by atoms with Crippen molar-refractivity contribution >= 4 is 27.5 Å². The summed E-state index contributed by atoms with van der Waals surface area (Å²) in [6.45, 7) is 6.01. The summed E-state index contributed by atoms with van der Waals surface area (Å²) in [4.78, 5) is 28.0. The highest BCUT2D eigenvalue weighted by atomic mass is 32.2. The van der Waals surface area contributed by atoms with Gasteiger partial charge in [-0.15, -0.1) is 0 Å². The average Bonchev–Trinajstić information content (AvgIpc) is 3.29. The Labute approximate surface area is 207 Å². The molecule has 0 fully saturated rings. The number of fused-ring (bicyclic) bond motifs is 1. The second-order valence-electron chi connectivity index (χ2n) is 8.53. The Balaban J connectivity index is 1.93. The number of nitrogens with one attached hydrogen (secondary N) is 1. The van der Waals surface area contributed by atoms with Crippen molar-refractivity contribution in [2.45, 2.75) is 46.2 Å². The fraction of sp³-hybridized carbons (Fsp3) is 0.440. The van der Waals surface area contributed by atoms with Gasteiger partial charge in [0, 0.05) is 19.2 Å². The zero-order valence-electron chi connectivity index (χ0n) is 20.6. The van der Waals surface area contributed by atoms with Gasteiger partial charge in [-0.25, -0.2) is 8.42 Å². The first-order chi connectivity index (χ1) is 16.6. The summed E-state index contributed by atoms with van der Waals surface area (Å²) in [5.74, 6) is 0.176. The third-order valence-electron chi connectivity index (χ3n) is 5.73. The van der Waals surface area contributed by atoms with Crippen LogP contribution in [0.3, 0.4) is 0 Å². The second-order valence-corrected chi connectivity index (χ2v) is 10.4. The highest BCUT2D eigenvalue weighted by molar-refractivity contribution is 7.92. The van der Waals surface area contributed by atoms with E-state index in [4.69, 9.17) is 9.47 Å². The Morgan fingerprint density at radius 1 is 1.06 bits per heavy atom. The molecule has 0 radical (unpaired) electrons. The van der Waals surface area contributed by atoms with Crippen LogP contribution < -0.4 is 19.1 Å². The normalized spacial score (nSPS) is 13.3. The molecule has 1 atom stereocenters. The van der Waals surface area contributed by atoms with Gasteiger partial charge in [-0.05, 0) is 37.5 Å². The van der Waals surface area contributed by atoms with Gasteiger partial charge >= 0.3 is 0 Å². The number of nitrogens with zero attached hydrogens (tertiary/aromatic N) is 2. The van der Waals surface area contributed by atoms with Gasteiger partial charge in [-0.2, -0.15) is 0 Å². The fourth-order valence-corrected chi connectivity index (χ4v) is 4.67. The lowest BCUT2D eigenvalue weighted by atomic mass is 10.1. The van der Waals surface area contributed by atoms with Crippen LogP contribution in [-0.2, 0) is 26.2 Å². The predicted octanol–water partition coefficient (Wildman–Crippen LogP) is 2.82. The van der Waals surface area contributed by atoms with Crippen molar-refractivity contribution in [2.75, 3.05) is 30.4 Å². The van der Waals surface area contributed by atoms with Gasteiger partial charge in [0.05, 0.1) is 11.9 Å². The molecule has 10 heteroatoms. The van der Waals surface area contributed by atoms with Crippen molar-refractivity contribution < 1.29 is 27.5 Å². The van der Waals surface area contributed by atoms with Crippen LogP contribution >= 0.6 is 0 Å². The SMILES string of the molecule is CCCNC(=O)[C@@H](CC)N(Cc1ccc(C)cc1)C(=O)CN(c1ccc2c(c1)OCO2)S(C)(=O)=O. The minimum Gasteiger partial charge on any atom is -0.454 e. The first-order valence-corrected chi connectivity index (χ1v) is 13.5. The van der Waals surface area contributed by atoms with Crippen molar-refractivity contribution in [3.05, 3.63) is 53.6 Å². The molecule has 2 amide bonds. The number of benzene rings is 2. The average molecular weight is 504 g/mol. The van der Waals surface area contributed by atoms with E-state index in [0.29, 0.717) is 24.5 Å². The molecule has 1 heterocycles. The van der Waals surface area contributed by atoms with Crippen LogP contribution in [0.4, 0.5) is 5.69 Å². The molecule has 1 N–H and O–H groups in total. The largest absolute Gasteiger partial charge is 0.454 e. The molecule has 2 aromatic carbocycles. The maximum Gasteiger partial charge on any atom is 0.244 e. The molecule has 1 aliphatic heterocycles. The molecule has 0 saturated carbocycles. The standard InChI is InChI=1S/C25H33N3O6S/c1-5-13-26-25(30)21(6-2)27(15-19-9-7-18(3)8-10-19)24(29)16-28(35(4,31)32)20-11-12-22-23(14-20)34-17-33-22/h7-12,14,21H,5-6,13,15-17H2,1-4H3,(H,26,30)/t21-/m1/s1. The van der Waals surface area contributed by atoms with E-state index in [9.17, 15) is 18.0 Å². The van der Waals surface area contributed by atoms with Crippen molar-refractivity contribution in [1.29, 1.82) is 0 Å². The maximum absolute atomic E-state index is 13.6. The van der Waals surface area contributed by atoms with Crippen molar-refractivity contribution in [1.82, 2.24) is 10.2 Å². The second kappa shape index (κ2) is 11.4. The third-order valence-corrected chi connectivity index (χ3v) is 6.87. The molecule has 0 spiro atoms. The molecule has 2 aromatic rings. The highest BCUT2D eigenvalue weighted by Gasteiger charge is 2.32. The zero-order valence-corrected chi connectivity index (χ0v) is 21.4. The van der Waals surface area contributed by atoms with E-state index in [1.54, 1.807) is 12.1 Å². The van der Waals surface area contributed by atoms with Crippen LogP contribution in [0, 0.1) is 6.92 Å². The fourth-order valence-electron chi connectivity index (χ4n) is 3.83. The molecule has 0 saturated heterocycles. The van der Waals surface area contributed by atoms with Crippen LogP contribution in [0.2, 0.25) is 0 Å².